The zero-order valence-electron chi connectivity index (χ0n) is 15.7. The first-order valence-electron chi connectivity index (χ1n) is 9.33. The number of hydrogen-bond donors (Lipinski definition) is 1. The number of nitrogens with one attached hydrogen (secondary N) is 1. The smallest absolute Gasteiger partial charge is 0.325 e. The maximum atomic E-state index is 13.2. The Morgan fingerprint density at radius 2 is 1.58 bits per heavy atom. The molecule has 0 radical (unpaired) electrons. The van der Waals surface area contributed by atoms with Crippen LogP contribution in [0.25, 0.3) is 0 Å². The van der Waals surface area contributed by atoms with Gasteiger partial charge in [0.2, 0.25) is 0 Å². The molecule has 1 N–H and O–H groups in total. The molecule has 0 unspecified atom stereocenters. The van der Waals surface area contributed by atoms with Crippen LogP contribution in [0.3, 0.4) is 0 Å². The van der Waals surface area contributed by atoms with Gasteiger partial charge in [0.1, 0.15) is 5.54 Å². The maximum absolute atomic E-state index is 13.2. The summed E-state index contributed by atoms with van der Waals surface area (Å²) in [6.45, 7) is 7.64. The molecule has 1 saturated carbocycles. The average molecular weight is 358 g/mol. The molecule has 1 aromatic carbocycles. The first-order chi connectivity index (χ1) is 12.3. The van der Waals surface area contributed by atoms with E-state index in [1.807, 2.05) is 13.8 Å². The van der Waals surface area contributed by atoms with Crippen LogP contribution in [0.4, 0.5) is 4.79 Å². The third kappa shape index (κ3) is 2.72. The third-order valence-electron chi connectivity index (χ3n) is 6.08. The van der Waals surface area contributed by atoms with E-state index in [1.54, 1.807) is 0 Å². The molecule has 3 fully saturated rings. The number of aryl methyl sites for hydroxylation is 3. The fourth-order valence-electron chi connectivity index (χ4n) is 4.62. The van der Waals surface area contributed by atoms with Gasteiger partial charge in [-0.1, -0.05) is 17.7 Å². The first-order valence-corrected chi connectivity index (χ1v) is 9.33. The summed E-state index contributed by atoms with van der Waals surface area (Å²) in [7, 11) is 0. The zero-order chi connectivity index (χ0) is 18.5. The van der Waals surface area contributed by atoms with Crippen molar-refractivity contribution in [3.8, 4) is 0 Å². The lowest BCUT2D eigenvalue weighted by atomic mass is 9.78. The normalized spacial score (nSPS) is 23.9. The van der Waals surface area contributed by atoms with Gasteiger partial charge in [-0.25, -0.2) is 4.79 Å². The summed E-state index contributed by atoms with van der Waals surface area (Å²) in [6.07, 6.45) is 2.38. The molecule has 2 spiro atoms. The van der Waals surface area contributed by atoms with E-state index in [0.717, 1.165) is 16.7 Å². The second-order valence-corrected chi connectivity index (χ2v) is 7.89. The molecule has 3 amide bonds. The number of benzene rings is 1. The standard InChI is InChI=1S/C20H26N2O4/c1-13-10-14(2)16(15(3)11-13)12-22-17(23)19(21-18(22)24)4-6-20(7-5-19)25-8-9-26-20/h10-11H,4-9,12H2,1-3H3,(H,21,24). The molecule has 1 aliphatic carbocycles. The summed E-state index contributed by atoms with van der Waals surface area (Å²) < 4.78 is 11.5. The lowest BCUT2D eigenvalue weighted by Gasteiger charge is -2.39. The number of ether oxygens (including phenoxy) is 2. The van der Waals surface area contributed by atoms with Crippen molar-refractivity contribution < 1.29 is 19.1 Å². The zero-order valence-corrected chi connectivity index (χ0v) is 15.7. The van der Waals surface area contributed by atoms with E-state index < -0.39 is 11.3 Å². The van der Waals surface area contributed by atoms with Crippen molar-refractivity contribution in [1.29, 1.82) is 0 Å². The Bertz CT molecular complexity index is 734. The van der Waals surface area contributed by atoms with Crippen LogP contribution in [-0.4, -0.2) is 41.4 Å². The molecular formula is C20H26N2O4. The number of rotatable bonds is 2. The van der Waals surface area contributed by atoms with Crippen LogP contribution in [0, 0.1) is 20.8 Å². The maximum Gasteiger partial charge on any atom is 0.325 e. The molecule has 3 aliphatic rings. The minimum absolute atomic E-state index is 0.116. The van der Waals surface area contributed by atoms with Crippen LogP contribution in [0.1, 0.15) is 47.9 Å². The van der Waals surface area contributed by atoms with E-state index in [2.05, 4.69) is 24.4 Å². The molecule has 2 saturated heterocycles. The van der Waals surface area contributed by atoms with E-state index in [1.165, 1.54) is 10.5 Å². The molecule has 2 heterocycles. The summed E-state index contributed by atoms with van der Waals surface area (Å²) in [4.78, 5) is 27.1. The van der Waals surface area contributed by atoms with Crippen LogP contribution >= 0.6 is 0 Å². The molecule has 4 rings (SSSR count). The fraction of sp³-hybridized carbons (Fsp3) is 0.600. The Kier molecular flexibility index (Phi) is 4.08. The highest BCUT2D eigenvalue weighted by molar-refractivity contribution is 6.07. The largest absolute Gasteiger partial charge is 0.348 e. The van der Waals surface area contributed by atoms with Gasteiger partial charge in [-0.15, -0.1) is 0 Å². The van der Waals surface area contributed by atoms with Gasteiger partial charge < -0.3 is 14.8 Å². The summed E-state index contributed by atoms with van der Waals surface area (Å²) in [5, 5.41) is 2.97. The average Bonchev–Trinajstić information content (AvgIpc) is 3.12. The predicted molar refractivity (Wildman–Crippen MR) is 95.6 cm³/mol. The summed E-state index contributed by atoms with van der Waals surface area (Å²) >= 11 is 0. The lowest BCUT2D eigenvalue weighted by Crippen LogP contribution is -2.53. The SMILES string of the molecule is Cc1cc(C)c(CN2C(=O)NC3(CCC4(CC3)OCCO4)C2=O)c(C)c1. The van der Waals surface area contributed by atoms with Crippen LogP contribution in [-0.2, 0) is 20.8 Å². The second-order valence-electron chi connectivity index (χ2n) is 7.89. The van der Waals surface area contributed by atoms with E-state index in [4.69, 9.17) is 9.47 Å². The van der Waals surface area contributed by atoms with E-state index in [-0.39, 0.29) is 11.9 Å². The summed E-state index contributed by atoms with van der Waals surface area (Å²) in [5.41, 5.74) is 3.65. The number of amides is 3. The lowest BCUT2D eigenvalue weighted by molar-refractivity contribution is -0.186. The van der Waals surface area contributed by atoms with Gasteiger partial charge in [0.25, 0.3) is 5.91 Å². The Hall–Kier alpha value is -1.92. The first kappa shape index (κ1) is 17.5. The molecular weight excluding hydrogens is 332 g/mol. The molecule has 2 aliphatic heterocycles. The van der Waals surface area contributed by atoms with Gasteiger partial charge in [0.05, 0.1) is 19.8 Å². The summed E-state index contributed by atoms with van der Waals surface area (Å²) in [5.74, 6) is -0.664. The highest BCUT2D eigenvalue weighted by Crippen LogP contribution is 2.43. The van der Waals surface area contributed by atoms with Gasteiger partial charge in [-0.2, -0.15) is 0 Å². The number of nitrogens with zero attached hydrogens (tertiary/aromatic N) is 1. The van der Waals surface area contributed by atoms with Crippen molar-refractivity contribution in [2.24, 2.45) is 0 Å². The summed E-state index contributed by atoms with van der Waals surface area (Å²) in [6, 6.07) is 3.89. The Morgan fingerprint density at radius 3 is 2.15 bits per heavy atom. The molecule has 6 heteroatoms. The van der Waals surface area contributed by atoms with Crippen LogP contribution < -0.4 is 5.32 Å². The van der Waals surface area contributed by atoms with E-state index in [9.17, 15) is 9.59 Å². The molecule has 0 aromatic heterocycles. The predicted octanol–water partition coefficient (Wildman–Crippen LogP) is 2.72. The van der Waals surface area contributed by atoms with Crippen molar-refractivity contribution in [3.63, 3.8) is 0 Å². The molecule has 0 bridgehead atoms. The Morgan fingerprint density at radius 1 is 1.00 bits per heavy atom. The number of imide groups is 1. The van der Waals surface area contributed by atoms with E-state index in [0.29, 0.717) is 45.4 Å². The van der Waals surface area contributed by atoms with Crippen LogP contribution in [0.15, 0.2) is 12.1 Å². The number of urea groups is 1. The molecule has 140 valence electrons. The van der Waals surface area contributed by atoms with Crippen LogP contribution in [0.5, 0.6) is 0 Å². The van der Waals surface area contributed by atoms with Gasteiger partial charge in [0.15, 0.2) is 5.79 Å². The van der Waals surface area contributed by atoms with Gasteiger partial charge in [-0.3, -0.25) is 9.69 Å². The molecule has 26 heavy (non-hydrogen) atoms. The third-order valence-corrected chi connectivity index (χ3v) is 6.08. The van der Waals surface area contributed by atoms with Crippen molar-refractivity contribution in [2.75, 3.05) is 13.2 Å². The van der Waals surface area contributed by atoms with E-state index >= 15 is 0 Å². The quantitative estimate of drug-likeness (QED) is 0.826. The Balaban J connectivity index is 1.53. The van der Waals surface area contributed by atoms with Gasteiger partial charge >= 0.3 is 6.03 Å². The highest BCUT2D eigenvalue weighted by atomic mass is 16.7. The number of carbonyl (C=O) groups is 2. The van der Waals surface area contributed by atoms with Crippen molar-refractivity contribution in [1.82, 2.24) is 10.2 Å². The topological polar surface area (TPSA) is 67.9 Å². The van der Waals surface area contributed by atoms with Crippen molar-refractivity contribution in [2.45, 2.75) is 64.3 Å². The molecule has 0 atom stereocenters. The molecule has 1 aromatic rings. The monoisotopic (exact) mass is 358 g/mol. The Labute approximate surface area is 153 Å². The van der Waals surface area contributed by atoms with Gasteiger partial charge in [0, 0.05) is 12.8 Å². The minimum atomic E-state index is -0.801. The van der Waals surface area contributed by atoms with Crippen molar-refractivity contribution >= 4 is 11.9 Å². The van der Waals surface area contributed by atoms with Crippen molar-refractivity contribution in [3.05, 3.63) is 34.4 Å². The number of carbonyl (C=O) groups excluding carboxylic acids is 2. The minimum Gasteiger partial charge on any atom is -0.348 e. The molecule has 6 nitrogen and oxygen atoms in total. The van der Waals surface area contributed by atoms with Crippen LogP contribution in [0.2, 0.25) is 0 Å². The van der Waals surface area contributed by atoms with Gasteiger partial charge in [-0.05, 0) is 50.3 Å². The fourth-order valence-corrected chi connectivity index (χ4v) is 4.62. The number of hydrogen-bond acceptors (Lipinski definition) is 4. The highest BCUT2D eigenvalue weighted by Gasteiger charge is 2.56. The second kappa shape index (κ2) is 6.06.